The topological polar surface area (TPSA) is 34.1 Å². The Bertz CT molecular complexity index is 2620. The molecular weight excluding hydrogens is 629 g/mol. The maximum Gasteiger partial charge on any atom is 0.209 e. The van der Waals surface area contributed by atoms with Gasteiger partial charge in [0, 0.05) is 37.6 Å². The number of benzene rings is 4. The minimum Gasteiger partial charge on any atom is -0.218 e. The van der Waals surface area contributed by atoms with Crippen LogP contribution in [0.3, 0.4) is 0 Å². The molecule has 0 unspecified atom stereocenters. The molecule has 2 nitrogen and oxygen atoms in total. The van der Waals surface area contributed by atoms with Gasteiger partial charge in [0.1, 0.15) is 8.07 Å². The number of fused-ring (bicyclic) bond motifs is 10. The van der Waals surface area contributed by atoms with Crippen LogP contribution in [0.4, 0.5) is 0 Å². The summed E-state index contributed by atoms with van der Waals surface area (Å²) in [5.41, 5.74) is 12.4. The normalized spacial score (nSPS) is 15.5. The summed E-state index contributed by atoms with van der Waals surface area (Å²) < 4.78 is 29.0. The third-order valence-corrected chi connectivity index (χ3v) is 20.1. The molecule has 0 fully saturated rings. The Morgan fingerprint density at radius 2 is 1.32 bits per heavy atom. The standard InChI is InChI=1S/C42H36O2S2Si/c1-8-13-30-34-21-28-22-35-33(20-27(28)23-36(34)40-32-15-10-12-17-38(32)46(43,44)42(30)40)29(18-19-47(24(2)3,25(4)5)26(6)7)41-39(35)31-14-9-11-16-37(31)45-41/h9-12,14-17,20-26H,1-7H3. The molecule has 0 spiro atoms. The smallest absolute Gasteiger partial charge is 0.209 e. The number of thiophene rings is 1. The van der Waals surface area contributed by atoms with Crippen LogP contribution in [-0.4, -0.2) is 16.5 Å². The highest BCUT2D eigenvalue weighted by atomic mass is 32.2. The minimum absolute atomic E-state index is 0.354. The van der Waals surface area contributed by atoms with Gasteiger partial charge in [0.25, 0.3) is 0 Å². The zero-order chi connectivity index (χ0) is 33.0. The Balaban J connectivity index is 1.46. The summed E-state index contributed by atoms with van der Waals surface area (Å²) in [5, 5.41) is 5.50. The molecule has 0 atom stereocenters. The van der Waals surface area contributed by atoms with E-state index in [2.05, 4.69) is 113 Å². The van der Waals surface area contributed by atoms with Crippen molar-refractivity contribution < 1.29 is 8.42 Å². The second-order valence-electron chi connectivity index (χ2n) is 13.9. The van der Waals surface area contributed by atoms with E-state index in [1.807, 2.05) is 23.5 Å². The summed E-state index contributed by atoms with van der Waals surface area (Å²) >= 11 is 1.85. The monoisotopic (exact) mass is 664 g/mol. The molecule has 1 aliphatic heterocycles. The van der Waals surface area contributed by atoms with Gasteiger partial charge in [0.15, 0.2) is 0 Å². The molecule has 5 aromatic rings. The highest BCUT2D eigenvalue weighted by Crippen LogP contribution is 2.49. The van der Waals surface area contributed by atoms with Gasteiger partial charge in [-0.05, 0) is 87.1 Å². The molecule has 8 rings (SSSR count). The first-order chi connectivity index (χ1) is 22.5. The lowest BCUT2D eigenvalue weighted by Crippen LogP contribution is -2.43. The molecule has 2 heterocycles. The van der Waals surface area contributed by atoms with Crippen LogP contribution in [0.1, 0.15) is 64.5 Å². The number of allylic oxidation sites excluding steroid dienone is 1. The van der Waals surface area contributed by atoms with Crippen molar-refractivity contribution >= 4 is 66.8 Å². The van der Waals surface area contributed by atoms with Crippen molar-refractivity contribution in [2.75, 3.05) is 0 Å². The van der Waals surface area contributed by atoms with Crippen molar-refractivity contribution in [3.8, 4) is 34.4 Å². The second-order valence-corrected chi connectivity index (χ2v) is 22.4. The van der Waals surface area contributed by atoms with Gasteiger partial charge in [-0.2, -0.15) is 0 Å². The largest absolute Gasteiger partial charge is 0.218 e. The minimum atomic E-state index is -3.68. The fourth-order valence-corrected chi connectivity index (χ4v) is 17.0. The summed E-state index contributed by atoms with van der Waals surface area (Å²) in [6.07, 6.45) is 0. The SMILES string of the molecule is CC#CC1=c2cc3cc4c(cc3cc2C2=C1S(=O)(=O)c1ccccc12)=C(C#C[Si](C(C)C)(C(C)C)C(C)C)c1sc2ccccc2c1-4. The van der Waals surface area contributed by atoms with Crippen LogP contribution in [0.5, 0.6) is 0 Å². The second kappa shape index (κ2) is 10.4. The Morgan fingerprint density at radius 1 is 0.702 bits per heavy atom. The van der Waals surface area contributed by atoms with Crippen molar-refractivity contribution in [1.82, 2.24) is 0 Å². The average molecular weight is 665 g/mol. The molecule has 0 bridgehead atoms. The van der Waals surface area contributed by atoms with Gasteiger partial charge < -0.3 is 0 Å². The summed E-state index contributed by atoms with van der Waals surface area (Å²) in [4.78, 5) is 1.99. The Hall–Kier alpha value is -4.13. The van der Waals surface area contributed by atoms with Gasteiger partial charge >= 0.3 is 0 Å². The average Bonchev–Trinajstić information content (AvgIpc) is 3.72. The molecule has 47 heavy (non-hydrogen) atoms. The molecule has 1 aromatic heterocycles. The number of hydrogen-bond acceptors (Lipinski definition) is 3. The van der Waals surface area contributed by atoms with Crippen LogP contribution in [0.2, 0.25) is 16.6 Å². The molecule has 4 aromatic carbocycles. The Labute approximate surface area is 282 Å². The number of rotatable bonds is 3. The highest BCUT2D eigenvalue weighted by molar-refractivity contribution is 7.96. The molecule has 3 aliphatic rings. The fourth-order valence-electron chi connectivity index (χ4n) is 8.69. The van der Waals surface area contributed by atoms with Gasteiger partial charge in [-0.3, -0.25) is 0 Å². The van der Waals surface area contributed by atoms with Gasteiger partial charge in [-0.15, -0.1) is 22.8 Å². The van der Waals surface area contributed by atoms with Crippen molar-refractivity contribution in [3.05, 3.63) is 104 Å². The van der Waals surface area contributed by atoms with E-state index in [0.29, 0.717) is 32.0 Å². The molecule has 0 saturated heterocycles. The predicted octanol–water partition coefficient (Wildman–Crippen LogP) is 9.19. The zero-order valence-electron chi connectivity index (χ0n) is 27.8. The van der Waals surface area contributed by atoms with E-state index in [9.17, 15) is 8.42 Å². The van der Waals surface area contributed by atoms with Crippen molar-refractivity contribution in [1.29, 1.82) is 0 Å². The summed E-state index contributed by atoms with van der Waals surface area (Å²) in [7, 11) is -5.65. The lowest BCUT2D eigenvalue weighted by atomic mass is 9.95. The zero-order valence-corrected chi connectivity index (χ0v) is 30.4. The lowest BCUT2D eigenvalue weighted by molar-refractivity contribution is 0.604. The van der Waals surface area contributed by atoms with E-state index in [-0.39, 0.29) is 0 Å². The molecule has 0 amide bonds. The molecular formula is C42H36O2S2Si. The number of hydrogen-bond donors (Lipinski definition) is 0. The van der Waals surface area contributed by atoms with Gasteiger partial charge in [-0.25, -0.2) is 8.42 Å². The molecule has 0 radical (unpaired) electrons. The first-order valence-electron chi connectivity index (χ1n) is 16.4. The molecule has 0 saturated carbocycles. The third kappa shape index (κ3) is 4.01. The molecule has 0 N–H and O–H groups in total. The summed E-state index contributed by atoms with van der Waals surface area (Å²) in [6, 6.07) is 25.0. The maximum absolute atomic E-state index is 13.9. The Morgan fingerprint density at radius 3 is 2.00 bits per heavy atom. The summed E-state index contributed by atoms with van der Waals surface area (Å²) in [6.45, 7) is 16.0. The van der Waals surface area contributed by atoms with Gasteiger partial charge in [-0.1, -0.05) is 89.8 Å². The summed E-state index contributed by atoms with van der Waals surface area (Å²) in [5.74, 6) is 10.1. The van der Waals surface area contributed by atoms with Crippen LogP contribution in [-0.2, 0) is 9.84 Å². The van der Waals surface area contributed by atoms with Crippen molar-refractivity contribution in [2.45, 2.75) is 70.0 Å². The van der Waals surface area contributed by atoms with Crippen LogP contribution in [0.25, 0.3) is 48.7 Å². The van der Waals surface area contributed by atoms with E-state index in [4.69, 9.17) is 0 Å². The van der Waals surface area contributed by atoms with Gasteiger partial charge in [0.05, 0.1) is 20.3 Å². The third-order valence-electron chi connectivity index (χ3n) is 10.7. The van der Waals surface area contributed by atoms with Crippen LogP contribution < -0.4 is 10.4 Å². The van der Waals surface area contributed by atoms with E-state index < -0.39 is 17.9 Å². The predicted molar refractivity (Wildman–Crippen MR) is 202 cm³/mol. The van der Waals surface area contributed by atoms with Crippen LogP contribution >= 0.6 is 11.3 Å². The molecule has 232 valence electrons. The lowest BCUT2D eigenvalue weighted by Gasteiger charge is -2.38. The van der Waals surface area contributed by atoms with E-state index >= 15 is 0 Å². The first kappa shape index (κ1) is 30.2. The van der Waals surface area contributed by atoms with E-state index in [1.54, 1.807) is 19.1 Å². The Kier molecular flexibility index (Phi) is 6.71. The molecule has 2 aliphatic carbocycles. The van der Waals surface area contributed by atoms with Gasteiger partial charge in [0.2, 0.25) is 9.84 Å². The maximum atomic E-state index is 13.9. The van der Waals surface area contributed by atoms with Crippen molar-refractivity contribution in [2.24, 2.45) is 0 Å². The van der Waals surface area contributed by atoms with E-state index in [0.717, 1.165) is 38.3 Å². The fraction of sp³-hybridized carbons (Fsp3) is 0.238. The quantitative estimate of drug-likeness (QED) is 0.142. The highest BCUT2D eigenvalue weighted by Gasteiger charge is 2.43. The van der Waals surface area contributed by atoms with Crippen LogP contribution in [0.15, 0.2) is 82.6 Å². The molecule has 5 heteroatoms. The van der Waals surface area contributed by atoms with Crippen LogP contribution in [0, 0.1) is 23.3 Å². The number of sulfone groups is 1. The first-order valence-corrected chi connectivity index (χ1v) is 21.0. The van der Waals surface area contributed by atoms with Crippen molar-refractivity contribution in [3.63, 3.8) is 0 Å². The van der Waals surface area contributed by atoms with E-state index in [1.165, 1.54) is 31.3 Å².